The zero-order valence-corrected chi connectivity index (χ0v) is 16.0. The van der Waals surface area contributed by atoms with Crippen LogP contribution < -0.4 is 5.32 Å². The number of piperidine rings is 1. The highest BCUT2D eigenvalue weighted by Gasteiger charge is 2.30. The molecule has 4 rings (SSSR count). The third kappa shape index (κ3) is 3.79. The monoisotopic (exact) mass is 375 g/mol. The normalized spacial score (nSPS) is 18.0. The highest BCUT2D eigenvalue weighted by molar-refractivity contribution is 5.98. The van der Waals surface area contributed by atoms with E-state index in [1.165, 1.54) is 0 Å². The van der Waals surface area contributed by atoms with Crippen molar-refractivity contribution >= 4 is 22.7 Å². The van der Waals surface area contributed by atoms with Gasteiger partial charge in [-0.3, -0.25) is 9.59 Å². The summed E-state index contributed by atoms with van der Waals surface area (Å²) < 4.78 is 0. The maximum Gasteiger partial charge on any atom is 0.270 e. The van der Waals surface area contributed by atoms with Crippen LogP contribution in [0.25, 0.3) is 10.9 Å². The van der Waals surface area contributed by atoms with E-state index in [9.17, 15) is 9.59 Å². The topological polar surface area (TPSA) is 65.2 Å². The van der Waals surface area contributed by atoms with Gasteiger partial charge in [0.05, 0.1) is 12.0 Å². The minimum absolute atomic E-state index is 0.0190. The molecule has 2 atom stereocenters. The number of amides is 2. The molecule has 1 aliphatic heterocycles. The van der Waals surface area contributed by atoms with Gasteiger partial charge in [-0.05, 0) is 37.5 Å². The van der Waals surface area contributed by atoms with Crippen LogP contribution in [0, 0.1) is 5.92 Å². The Balaban J connectivity index is 1.42. The number of carbonyl (C=O) groups excluding carboxylic acids is 2. The zero-order valence-electron chi connectivity index (χ0n) is 16.0. The predicted molar refractivity (Wildman–Crippen MR) is 110 cm³/mol. The van der Waals surface area contributed by atoms with Crippen LogP contribution in [0.15, 0.2) is 60.7 Å². The Morgan fingerprint density at radius 2 is 1.86 bits per heavy atom. The molecule has 0 spiro atoms. The fourth-order valence-corrected chi connectivity index (χ4v) is 3.89. The van der Waals surface area contributed by atoms with Crippen molar-refractivity contribution in [3.63, 3.8) is 0 Å². The second-order valence-electron chi connectivity index (χ2n) is 7.50. The van der Waals surface area contributed by atoms with E-state index in [2.05, 4.69) is 10.3 Å². The molecule has 1 aromatic heterocycles. The average molecular weight is 375 g/mol. The first-order chi connectivity index (χ1) is 13.6. The van der Waals surface area contributed by atoms with E-state index in [0.717, 1.165) is 29.3 Å². The second-order valence-corrected chi connectivity index (χ2v) is 7.50. The van der Waals surface area contributed by atoms with Crippen molar-refractivity contribution in [1.82, 2.24) is 15.2 Å². The molecule has 1 saturated heterocycles. The van der Waals surface area contributed by atoms with Gasteiger partial charge in [-0.25, -0.2) is 0 Å². The van der Waals surface area contributed by atoms with E-state index in [4.69, 9.17) is 0 Å². The van der Waals surface area contributed by atoms with Crippen molar-refractivity contribution < 1.29 is 9.59 Å². The minimum Gasteiger partial charge on any atom is -0.351 e. The summed E-state index contributed by atoms with van der Waals surface area (Å²) in [7, 11) is 0. The lowest BCUT2D eigenvalue weighted by Gasteiger charge is -2.32. The van der Waals surface area contributed by atoms with Crippen LogP contribution in [0.5, 0.6) is 0 Å². The summed E-state index contributed by atoms with van der Waals surface area (Å²) in [5.74, 6) is -0.191. The Hall–Kier alpha value is -3.08. The first-order valence-electron chi connectivity index (χ1n) is 9.84. The van der Waals surface area contributed by atoms with Crippen LogP contribution in [-0.2, 0) is 4.79 Å². The van der Waals surface area contributed by atoms with E-state index in [-0.39, 0.29) is 23.8 Å². The number of H-pyrrole nitrogens is 1. The summed E-state index contributed by atoms with van der Waals surface area (Å²) in [6.45, 7) is 3.14. The summed E-state index contributed by atoms with van der Waals surface area (Å²) in [6, 6.07) is 19.6. The van der Waals surface area contributed by atoms with Gasteiger partial charge in [0.25, 0.3) is 5.91 Å². The Morgan fingerprint density at radius 3 is 2.64 bits per heavy atom. The van der Waals surface area contributed by atoms with Crippen molar-refractivity contribution in [3.8, 4) is 0 Å². The van der Waals surface area contributed by atoms with Gasteiger partial charge in [0.15, 0.2) is 0 Å². The molecule has 2 N–H and O–H groups in total. The molecule has 0 radical (unpaired) electrons. The molecule has 2 amide bonds. The molecule has 0 unspecified atom stereocenters. The first-order valence-corrected chi connectivity index (χ1v) is 9.84. The number of fused-ring (bicyclic) bond motifs is 1. The Morgan fingerprint density at radius 1 is 1.11 bits per heavy atom. The van der Waals surface area contributed by atoms with Crippen molar-refractivity contribution in [2.75, 3.05) is 13.1 Å². The smallest absolute Gasteiger partial charge is 0.270 e. The van der Waals surface area contributed by atoms with Crippen molar-refractivity contribution in [2.45, 2.75) is 25.8 Å². The van der Waals surface area contributed by atoms with Gasteiger partial charge in [-0.2, -0.15) is 0 Å². The van der Waals surface area contributed by atoms with Crippen LogP contribution in [0.1, 0.15) is 41.9 Å². The molecule has 0 saturated carbocycles. The standard InChI is InChI=1S/C23H25N3O2/c1-16(17-8-3-2-4-9-17)24-22(27)19-11-7-13-26(15-19)23(28)21-14-18-10-5-6-12-20(18)25-21/h2-6,8-10,12,14,16,19,25H,7,11,13,15H2,1H3,(H,24,27)/t16-,19-/m0/s1. The predicted octanol–water partition coefficient (Wildman–Crippen LogP) is 3.90. The Labute approximate surface area is 164 Å². The van der Waals surface area contributed by atoms with Crippen LogP contribution in [0.4, 0.5) is 0 Å². The number of aromatic amines is 1. The number of aromatic nitrogens is 1. The lowest BCUT2D eigenvalue weighted by Crippen LogP contribution is -2.46. The fraction of sp³-hybridized carbons (Fsp3) is 0.304. The number of likely N-dealkylation sites (tertiary alicyclic amines) is 1. The second kappa shape index (κ2) is 7.89. The van der Waals surface area contributed by atoms with E-state index >= 15 is 0 Å². The molecule has 1 aliphatic rings. The van der Waals surface area contributed by atoms with E-state index < -0.39 is 0 Å². The molecular formula is C23H25N3O2. The number of rotatable bonds is 4. The molecule has 2 heterocycles. The summed E-state index contributed by atoms with van der Waals surface area (Å²) in [5, 5.41) is 4.12. The van der Waals surface area contributed by atoms with Gasteiger partial charge < -0.3 is 15.2 Å². The quantitative estimate of drug-likeness (QED) is 0.726. The molecule has 28 heavy (non-hydrogen) atoms. The van der Waals surface area contributed by atoms with E-state index in [1.807, 2.05) is 67.6 Å². The fourth-order valence-electron chi connectivity index (χ4n) is 3.89. The van der Waals surface area contributed by atoms with E-state index in [1.54, 1.807) is 4.90 Å². The molecule has 1 fully saturated rings. The summed E-state index contributed by atoms with van der Waals surface area (Å²) >= 11 is 0. The lowest BCUT2D eigenvalue weighted by molar-refractivity contribution is -0.127. The van der Waals surface area contributed by atoms with Crippen molar-refractivity contribution in [2.24, 2.45) is 5.92 Å². The average Bonchev–Trinajstić information content (AvgIpc) is 3.18. The number of hydrogen-bond acceptors (Lipinski definition) is 2. The van der Waals surface area contributed by atoms with Crippen LogP contribution in [-0.4, -0.2) is 34.8 Å². The van der Waals surface area contributed by atoms with Crippen molar-refractivity contribution in [1.29, 1.82) is 0 Å². The number of para-hydroxylation sites is 1. The van der Waals surface area contributed by atoms with Gasteiger partial charge in [-0.15, -0.1) is 0 Å². The molecule has 2 aromatic carbocycles. The molecule has 5 heteroatoms. The SMILES string of the molecule is C[C@H](NC(=O)[C@H]1CCCN(C(=O)c2cc3ccccc3[nH]2)C1)c1ccccc1. The third-order valence-corrected chi connectivity index (χ3v) is 5.50. The maximum absolute atomic E-state index is 12.9. The number of benzene rings is 2. The molecule has 0 bridgehead atoms. The summed E-state index contributed by atoms with van der Waals surface area (Å²) in [6.07, 6.45) is 1.65. The Bertz CT molecular complexity index is 947. The minimum atomic E-state index is -0.173. The highest BCUT2D eigenvalue weighted by atomic mass is 16.2. The number of hydrogen-bond donors (Lipinski definition) is 2. The van der Waals surface area contributed by atoms with Crippen LogP contribution >= 0.6 is 0 Å². The molecule has 3 aromatic rings. The molecule has 5 nitrogen and oxygen atoms in total. The Kier molecular flexibility index (Phi) is 5.15. The van der Waals surface area contributed by atoms with E-state index in [0.29, 0.717) is 18.8 Å². The largest absolute Gasteiger partial charge is 0.351 e. The highest BCUT2D eigenvalue weighted by Crippen LogP contribution is 2.22. The number of nitrogens with one attached hydrogen (secondary N) is 2. The molecule has 0 aliphatic carbocycles. The first kappa shape index (κ1) is 18.3. The maximum atomic E-state index is 12.9. The van der Waals surface area contributed by atoms with Crippen molar-refractivity contribution in [3.05, 3.63) is 71.9 Å². The summed E-state index contributed by atoms with van der Waals surface area (Å²) in [4.78, 5) is 30.7. The van der Waals surface area contributed by atoms with Gasteiger partial charge >= 0.3 is 0 Å². The van der Waals surface area contributed by atoms with Crippen LogP contribution in [0.2, 0.25) is 0 Å². The number of carbonyl (C=O) groups is 2. The van der Waals surface area contributed by atoms with Gasteiger partial charge in [0.2, 0.25) is 5.91 Å². The zero-order chi connectivity index (χ0) is 19.5. The summed E-state index contributed by atoms with van der Waals surface area (Å²) in [5.41, 5.74) is 2.62. The van der Waals surface area contributed by atoms with Gasteiger partial charge in [-0.1, -0.05) is 48.5 Å². The molecular weight excluding hydrogens is 350 g/mol. The molecule has 144 valence electrons. The van der Waals surface area contributed by atoms with Gasteiger partial charge in [0.1, 0.15) is 5.69 Å². The lowest BCUT2D eigenvalue weighted by atomic mass is 9.96. The van der Waals surface area contributed by atoms with Gasteiger partial charge in [0, 0.05) is 24.0 Å². The third-order valence-electron chi connectivity index (χ3n) is 5.50. The number of nitrogens with zero attached hydrogens (tertiary/aromatic N) is 1. The van der Waals surface area contributed by atoms with Crippen LogP contribution in [0.3, 0.4) is 0 Å².